The van der Waals surface area contributed by atoms with E-state index in [1.165, 1.54) is 6.07 Å². The van der Waals surface area contributed by atoms with Crippen LogP contribution in [0.15, 0.2) is 104 Å². The van der Waals surface area contributed by atoms with Crippen LogP contribution < -0.4 is 5.32 Å². The van der Waals surface area contributed by atoms with Crippen LogP contribution in [0.3, 0.4) is 0 Å². The summed E-state index contributed by atoms with van der Waals surface area (Å²) >= 11 is 0. The highest BCUT2D eigenvalue weighted by atomic mass is 19.1. The Bertz CT molecular complexity index is 2050. The molecule has 7 aromatic rings. The molecule has 3 N–H and O–H groups in total. The highest BCUT2D eigenvalue weighted by Crippen LogP contribution is 2.34. The van der Waals surface area contributed by atoms with Crippen LogP contribution in [0.2, 0.25) is 0 Å². The third-order valence-electron chi connectivity index (χ3n) is 6.87. The van der Waals surface area contributed by atoms with Gasteiger partial charge >= 0.3 is 0 Å². The second-order valence-corrected chi connectivity index (χ2v) is 9.62. The molecule has 0 unspecified atom stereocenters. The van der Waals surface area contributed by atoms with Gasteiger partial charge in [-0.1, -0.05) is 42.5 Å². The van der Waals surface area contributed by atoms with E-state index in [0.29, 0.717) is 33.8 Å². The monoisotopic (exact) mass is 539 g/mol. The van der Waals surface area contributed by atoms with Gasteiger partial charge in [-0.25, -0.2) is 9.37 Å². The summed E-state index contributed by atoms with van der Waals surface area (Å²) in [5.41, 5.74) is 7.50. The number of carbonyl (C=O) groups excluding carboxylic acids is 1. The number of anilines is 1. The predicted octanol–water partition coefficient (Wildman–Crippen LogP) is 6.55. The van der Waals surface area contributed by atoms with E-state index in [9.17, 15) is 9.18 Å². The van der Waals surface area contributed by atoms with Crippen LogP contribution in [0, 0.1) is 5.82 Å². The third kappa shape index (κ3) is 4.70. The van der Waals surface area contributed by atoms with E-state index in [1.54, 1.807) is 36.8 Å². The van der Waals surface area contributed by atoms with Crippen molar-refractivity contribution >= 4 is 33.5 Å². The van der Waals surface area contributed by atoms with Gasteiger partial charge in [-0.05, 0) is 48.0 Å². The number of pyridine rings is 3. The quantitative estimate of drug-likeness (QED) is 0.222. The number of aromatic amines is 2. The molecule has 0 spiro atoms. The minimum absolute atomic E-state index is 0.126. The van der Waals surface area contributed by atoms with Crippen molar-refractivity contribution in [3.63, 3.8) is 0 Å². The maximum atomic E-state index is 14.6. The van der Waals surface area contributed by atoms with Crippen LogP contribution in [0.5, 0.6) is 0 Å². The van der Waals surface area contributed by atoms with Gasteiger partial charge in [-0.2, -0.15) is 5.10 Å². The number of rotatable bonds is 6. The molecule has 0 atom stereocenters. The van der Waals surface area contributed by atoms with Crippen molar-refractivity contribution in [2.45, 2.75) is 6.42 Å². The van der Waals surface area contributed by atoms with Gasteiger partial charge in [0.15, 0.2) is 0 Å². The molecule has 0 radical (unpaired) electrons. The Morgan fingerprint density at radius 1 is 0.878 bits per heavy atom. The molecule has 198 valence electrons. The zero-order valence-electron chi connectivity index (χ0n) is 21.6. The first-order valence-electron chi connectivity index (χ1n) is 13.0. The molecule has 0 aliphatic rings. The number of nitrogens with zero attached hydrogens (tertiary/aromatic N) is 4. The molecule has 0 aliphatic carbocycles. The Balaban J connectivity index is 1.22. The molecular weight excluding hydrogens is 517 g/mol. The molecule has 0 fully saturated rings. The van der Waals surface area contributed by atoms with Crippen molar-refractivity contribution in [1.29, 1.82) is 0 Å². The highest BCUT2D eigenvalue weighted by Gasteiger charge is 2.17. The average molecular weight is 540 g/mol. The lowest BCUT2D eigenvalue weighted by Gasteiger charge is -2.07. The number of hydrogen-bond acceptors (Lipinski definition) is 5. The van der Waals surface area contributed by atoms with Gasteiger partial charge in [0.1, 0.15) is 17.0 Å². The molecule has 9 heteroatoms. The molecule has 7 rings (SSSR count). The molecule has 2 aromatic carbocycles. The fraction of sp³-hybridized carbons (Fsp3) is 0.0312. The van der Waals surface area contributed by atoms with E-state index in [2.05, 4.69) is 30.5 Å². The summed E-state index contributed by atoms with van der Waals surface area (Å²) in [6, 6.07) is 25.6. The van der Waals surface area contributed by atoms with Crippen LogP contribution in [-0.2, 0) is 11.2 Å². The summed E-state index contributed by atoms with van der Waals surface area (Å²) in [5, 5.41) is 11.3. The van der Waals surface area contributed by atoms with E-state index in [1.807, 2.05) is 60.7 Å². The number of amides is 1. The van der Waals surface area contributed by atoms with E-state index in [0.717, 1.165) is 33.2 Å². The second kappa shape index (κ2) is 10.1. The van der Waals surface area contributed by atoms with Crippen molar-refractivity contribution in [3.8, 4) is 33.9 Å². The Hall–Kier alpha value is -5.70. The van der Waals surface area contributed by atoms with Gasteiger partial charge < -0.3 is 10.3 Å². The standard InChI is InChI=1S/C32H22FN7O/c33-24-9-5-4-8-22(24)30-23-16-28(37-26(23)12-13-35-30)32-31-27(39-40-32)11-10-25(38-31)20-15-21(18-34-17-20)36-29(41)14-19-6-2-1-3-7-19/h1-13,15-18,37H,14H2,(H,36,41)(H,39,40). The Morgan fingerprint density at radius 3 is 2.61 bits per heavy atom. The topological polar surface area (TPSA) is 112 Å². The minimum atomic E-state index is -0.334. The number of fused-ring (bicyclic) bond motifs is 2. The van der Waals surface area contributed by atoms with Crippen molar-refractivity contribution in [3.05, 3.63) is 115 Å². The van der Waals surface area contributed by atoms with Crippen molar-refractivity contribution < 1.29 is 9.18 Å². The van der Waals surface area contributed by atoms with Crippen molar-refractivity contribution in [1.82, 2.24) is 30.1 Å². The molecule has 5 heterocycles. The van der Waals surface area contributed by atoms with E-state index in [4.69, 9.17) is 4.98 Å². The number of halogens is 1. The summed E-state index contributed by atoms with van der Waals surface area (Å²) in [5.74, 6) is -0.461. The molecule has 5 aromatic heterocycles. The molecule has 41 heavy (non-hydrogen) atoms. The molecule has 8 nitrogen and oxygen atoms in total. The number of aromatic nitrogens is 6. The first-order valence-corrected chi connectivity index (χ1v) is 13.0. The maximum absolute atomic E-state index is 14.6. The summed E-state index contributed by atoms with van der Waals surface area (Å²) in [7, 11) is 0. The lowest BCUT2D eigenvalue weighted by molar-refractivity contribution is -0.115. The van der Waals surface area contributed by atoms with Gasteiger partial charge in [0.25, 0.3) is 0 Å². The number of carbonyl (C=O) groups is 1. The predicted molar refractivity (Wildman–Crippen MR) is 156 cm³/mol. The molecule has 0 bridgehead atoms. The fourth-order valence-electron chi connectivity index (χ4n) is 4.93. The summed E-state index contributed by atoms with van der Waals surface area (Å²) in [6.07, 6.45) is 5.24. The first-order chi connectivity index (χ1) is 20.1. The maximum Gasteiger partial charge on any atom is 0.228 e. The zero-order chi connectivity index (χ0) is 27.8. The molecule has 0 saturated heterocycles. The van der Waals surface area contributed by atoms with Crippen LogP contribution in [0.4, 0.5) is 10.1 Å². The Labute approximate surface area is 233 Å². The Kier molecular flexibility index (Phi) is 6.01. The van der Waals surface area contributed by atoms with Gasteiger partial charge in [0.2, 0.25) is 5.91 Å². The van der Waals surface area contributed by atoms with Gasteiger partial charge in [0, 0.05) is 34.4 Å². The second-order valence-electron chi connectivity index (χ2n) is 9.62. The molecular formula is C32H22FN7O. The largest absolute Gasteiger partial charge is 0.353 e. The number of H-pyrrole nitrogens is 2. The lowest BCUT2D eigenvalue weighted by atomic mass is 10.1. The Morgan fingerprint density at radius 2 is 1.73 bits per heavy atom. The third-order valence-corrected chi connectivity index (χ3v) is 6.87. The molecule has 0 saturated carbocycles. The lowest BCUT2D eigenvalue weighted by Crippen LogP contribution is -2.14. The zero-order valence-corrected chi connectivity index (χ0v) is 21.6. The van der Waals surface area contributed by atoms with Gasteiger partial charge in [0.05, 0.1) is 40.9 Å². The summed E-state index contributed by atoms with van der Waals surface area (Å²) in [4.78, 5) is 29.6. The first kappa shape index (κ1) is 24.3. The normalized spacial score (nSPS) is 11.2. The van der Waals surface area contributed by atoms with Gasteiger partial charge in [-0.15, -0.1) is 0 Å². The summed E-state index contributed by atoms with van der Waals surface area (Å²) in [6.45, 7) is 0. The summed E-state index contributed by atoms with van der Waals surface area (Å²) < 4.78 is 14.6. The smallest absolute Gasteiger partial charge is 0.228 e. The average Bonchev–Trinajstić information content (AvgIpc) is 3.62. The fourth-order valence-corrected chi connectivity index (χ4v) is 4.93. The van der Waals surface area contributed by atoms with Gasteiger partial charge in [-0.3, -0.25) is 19.9 Å². The van der Waals surface area contributed by atoms with Crippen LogP contribution in [0.25, 0.3) is 55.8 Å². The minimum Gasteiger partial charge on any atom is -0.353 e. The van der Waals surface area contributed by atoms with Crippen LogP contribution >= 0.6 is 0 Å². The molecule has 0 aliphatic heterocycles. The number of hydrogen-bond donors (Lipinski definition) is 3. The number of benzene rings is 2. The van der Waals surface area contributed by atoms with E-state index >= 15 is 0 Å². The van der Waals surface area contributed by atoms with E-state index in [-0.39, 0.29) is 18.1 Å². The van der Waals surface area contributed by atoms with E-state index < -0.39 is 0 Å². The highest BCUT2D eigenvalue weighted by molar-refractivity contribution is 5.99. The van der Waals surface area contributed by atoms with Crippen molar-refractivity contribution in [2.75, 3.05) is 5.32 Å². The van der Waals surface area contributed by atoms with Crippen LogP contribution in [0.1, 0.15) is 5.56 Å². The number of nitrogens with one attached hydrogen (secondary N) is 3. The van der Waals surface area contributed by atoms with Crippen LogP contribution in [-0.4, -0.2) is 36.0 Å². The SMILES string of the molecule is O=C(Cc1ccccc1)Nc1cncc(-c2ccc3[nH]nc(-c4cc5c(-c6ccccc6F)nccc5[nH]4)c3n2)c1. The molecule has 1 amide bonds. The van der Waals surface area contributed by atoms with Crippen molar-refractivity contribution in [2.24, 2.45) is 0 Å².